The molecule has 2 rings (SSSR count). The number of ether oxygens (including phenoxy) is 4. The summed E-state index contributed by atoms with van der Waals surface area (Å²) in [5.41, 5.74) is 13.1. The minimum absolute atomic E-state index is 0.293. The molecule has 0 aliphatic rings. The number of carbonyl (C=O) groups excluding carboxylic acids is 2. The van der Waals surface area contributed by atoms with Crippen LogP contribution in [-0.4, -0.2) is 38.4 Å². The largest absolute Gasteiger partial charge is 0.493 e. The molecule has 2 unspecified atom stereocenters. The van der Waals surface area contributed by atoms with Gasteiger partial charge in [0.15, 0.2) is 0 Å². The van der Waals surface area contributed by atoms with E-state index in [2.05, 4.69) is 0 Å². The molecule has 2 atom stereocenters. The van der Waals surface area contributed by atoms with E-state index < -0.39 is 24.0 Å². The van der Waals surface area contributed by atoms with Gasteiger partial charge in [-0.15, -0.1) is 0 Å². The maximum absolute atomic E-state index is 11.7. The number of benzene rings is 2. The van der Waals surface area contributed by atoms with Crippen LogP contribution < -0.4 is 20.9 Å². The Balaban J connectivity index is 1.71. The molecule has 8 nitrogen and oxygen atoms in total. The molecular formula is C23H30N2O6. The lowest BCUT2D eigenvalue weighted by Crippen LogP contribution is -2.23. The number of carbonyl (C=O) groups is 2. The van der Waals surface area contributed by atoms with Gasteiger partial charge < -0.3 is 30.4 Å². The molecule has 168 valence electrons. The van der Waals surface area contributed by atoms with Crippen LogP contribution in [0, 0.1) is 0 Å². The van der Waals surface area contributed by atoms with Crippen LogP contribution in [0.4, 0.5) is 0 Å². The van der Waals surface area contributed by atoms with Gasteiger partial charge in [-0.2, -0.15) is 0 Å². The summed E-state index contributed by atoms with van der Waals surface area (Å²) < 4.78 is 21.2. The molecule has 0 aliphatic heterocycles. The molecule has 0 radical (unpaired) electrons. The first-order chi connectivity index (χ1) is 15.0. The van der Waals surface area contributed by atoms with Crippen LogP contribution in [0.1, 0.15) is 43.5 Å². The first kappa shape index (κ1) is 24.2. The molecule has 0 saturated carbocycles. The molecule has 0 aromatic heterocycles. The van der Waals surface area contributed by atoms with Gasteiger partial charge in [-0.1, -0.05) is 24.3 Å². The average molecular weight is 431 g/mol. The van der Waals surface area contributed by atoms with Gasteiger partial charge >= 0.3 is 11.9 Å². The molecule has 0 spiro atoms. The molecule has 31 heavy (non-hydrogen) atoms. The zero-order valence-corrected chi connectivity index (χ0v) is 17.9. The second-order valence-corrected chi connectivity index (χ2v) is 6.65. The second kappa shape index (κ2) is 12.6. The molecule has 4 N–H and O–H groups in total. The highest BCUT2D eigenvalue weighted by atomic mass is 16.5. The van der Waals surface area contributed by atoms with Crippen LogP contribution in [0.2, 0.25) is 0 Å². The first-order valence-corrected chi connectivity index (χ1v) is 10.3. The topological polar surface area (TPSA) is 123 Å². The molecule has 0 amide bonds. The van der Waals surface area contributed by atoms with E-state index in [4.69, 9.17) is 30.4 Å². The molecule has 2 aromatic carbocycles. The summed E-state index contributed by atoms with van der Waals surface area (Å²) in [4.78, 5) is 23.4. The standard InChI is InChI=1S/C23H30N2O6/c1-3-28-22(26)20(24)16-6-10-18(11-7-16)30-14-5-15-31-19-12-8-17(9-13-19)21(25)23(27)29-4-2/h6-13,20-21H,3-5,14-15,24-25H2,1-2H3. The summed E-state index contributed by atoms with van der Waals surface area (Å²) in [5, 5.41) is 0. The maximum Gasteiger partial charge on any atom is 0.327 e. The van der Waals surface area contributed by atoms with E-state index in [0.29, 0.717) is 55.5 Å². The minimum atomic E-state index is -0.805. The number of hydrogen-bond donors (Lipinski definition) is 2. The fourth-order valence-corrected chi connectivity index (χ4v) is 2.72. The van der Waals surface area contributed by atoms with Gasteiger partial charge in [-0.3, -0.25) is 0 Å². The first-order valence-electron chi connectivity index (χ1n) is 10.3. The smallest absolute Gasteiger partial charge is 0.327 e. The Bertz CT molecular complexity index is 753. The van der Waals surface area contributed by atoms with Gasteiger partial charge in [0.05, 0.1) is 26.4 Å². The predicted octanol–water partition coefficient (Wildman–Crippen LogP) is 2.66. The van der Waals surface area contributed by atoms with E-state index in [1.165, 1.54) is 0 Å². The van der Waals surface area contributed by atoms with E-state index in [0.717, 1.165) is 0 Å². The van der Waals surface area contributed by atoms with Crippen LogP contribution in [-0.2, 0) is 19.1 Å². The lowest BCUT2D eigenvalue weighted by Gasteiger charge is -2.13. The monoisotopic (exact) mass is 430 g/mol. The minimum Gasteiger partial charge on any atom is -0.493 e. The van der Waals surface area contributed by atoms with Crippen molar-refractivity contribution in [3.05, 3.63) is 59.7 Å². The van der Waals surface area contributed by atoms with Crippen LogP contribution in [0.15, 0.2) is 48.5 Å². The highest BCUT2D eigenvalue weighted by Crippen LogP contribution is 2.19. The third-order valence-electron chi connectivity index (χ3n) is 4.39. The van der Waals surface area contributed by atoms with Gasteiger partial charge in [0, 0.05) is 6.42 Å². The summed E-state index contributed by atoms with van der Waals surface area (Å²) >= 11 is 0. The number of hydrogen-bond acceptors (Lipinski definition) is 8. The Morgan fingerprint density at radius 1 is 0.710 bits per heavy atom. The van der Waals surface area contributed by atoms with Crippen molar-refractivity contribution in [1.29, 1.82) is 0 Å². The van der Waals surface area contributed by atoms with Crippen molar-refractivity contribution < 1.29 is 28.5 Å². The van der Waals surface area contributed by atoms with Crippen molar-refractivity contribution in [2.45, 2.75) is 32.4 Å². The molecule has 0 saturated heterocycles. The average Bonchev–Trinajstić information content (AvgIpc) is 2.79. The zero-order valence-electron chi connectivity index (χ0n) is 17.9. The number of nitrogens with two attached hydrogens (primary N) is 2. The van der Waals surface area contributed by atoms with E-state index in [1.807, 2.05) is 0 Å². The van der Waals surface area contributed by atoms with E-state index >= 15 is 0 Å². The van der Waals surface area contributed by atoms with Gasteiger partial charge in [0.2, 0.25) is 0 Å². The molecule has 0 bridgehead atoms. The molecule has 8 heteroatoms. The maximum atomic E-state index is 11.7. The fourth-order valence-electron chi connectivity index (χ4n) is 2.72. The molecule has 0 aliphatic carbocycles. The van der Waals surface area contributed by atoms with Crippen molar-refractivity contribution in [2.24, 2.45) is 11.5 Å². The molecule has 2 aromatic rings. The van der Waals surface area contributed by atoms with Crippen LogP contribution in [0.25, 0.3) is 0 Å². The Hall–Kier alpha value is -3.10. The van der Waals surface area contributed by atoms with Crippen molar-refractivity contribution in [1.82, 2.24) is 0 Å². The SMILES string of the molecule is CCOC(=O)C(N)c1ccc(OCCCOc2ccc(C(N)C(=O)OCC)cc2)cc1. The van der Waals surface area contributed by atoms with Crippen LogP contribution >= 0.6 is 0 Å². The highest BCUT2D eigenvalue weighted by Gasteiger charge is 2.17. The predicted molar refractivity (Wildman–Crippen MR) is 116 cm³/mol. The normalized spacial score (nSPS) is 12.5. The van der Waals surface area contributed by atoms with Gasteiger partial charge in [0.1, 0.15) is 23.6 Å². The highest BCUT2D eigenvalue weighted by molar-refractivity contribution is 5.77. The zero-order chi connectivity index (χ0) is 22.6. The molecule has 0 heterocycles. The Morgan fingerprint density at radius 2 is 1.06 bits per heavy atom. The lowest BCUT2D eigenvalue weighted by molar-refractivity contribution is -0.145. The number of esters is 2. The van der Waals surface area contributed by atoms with Crippen LogP contribution in [0.5, 0.6) is 11.5 Å². The fraction of sp³-hybridized carbons (Fsp3) is 0.391. The van der Waals surface area contributed by atoms with E-state index in [9.17, 15) is 9.59 Å². The van der Waals surface area contributed by atoms with Crippen molar-refractivity contribution in [3.63, 3.8) is 0 Å². The Kier molecular flexibility index (Phi) is 9.80. The van der Waals surface area contributed by atoms with E-state index in [1.54, 1.807) is 62.4 Å². The molecular weight excluding hydrogens is 400 g/mol. The quantitative estimate of drug-likeness (QED) is 0.389. The summed E-state index contributed by atoms with van der Waals surface area (Å²) in [6.45, 7) is 5.00. The van der Waals surface area contributed by atoms with E-state index in [-0.39, 0.29) is 0 Å². The summed E-state index contributed by atoms with van der Waals surface area (Å²) in [6, 6.07) is 12.4. The Labute approximate surface area is 182 Å². The van der Waals surface area contributed by atoms with Gasteiger partial charge in [-0.25, -0.2) is 9.59 Å². The second-order valence-electron chi connectivity index (χ2n) is 6.65. The Morgan fingerprint density at radius 3 is 1.39 bits per heavy atom. The third-order valence-corrected chi connectivity index (χ3v) is 4.39. The lowest BCUT2D eigenvalue weighted by atomic mass is 10.1. The van der Waals surface area contributed by atoms with Crippen molar-refractivity contribution in [2.75, 3.05) is 26.4 Å². The van der Waals surface area contributed by atoms with Crippen molar-refractivity contribution in [3.8, 4) is 11.5 Å². The summed E-state index contributed by atoms with van der Waals surface area (Å²) in [6.07, 6.45) is 0.675. The molecule has 0 fully saturated rings. The summed E-state index contributed by atoms with van der Waals surface area (Å²) in [7, 11) is 0. The number of rotatable bonds is 12. The summed E-state index contributed by atoms with van der Waals surface area (Å²) in [5.74, 6) is 0.447. The van der Waals surface area contributed by atoms with Crippen LogP contribution in [0.3, 0.4) is 0 Å². The van der Waals surface area contributed by atoms with Gasteiger partial charge in [0.25, 0.3) is 0 Å². The van der Waals surface area contributed by atoms with Crippen molar-refractivity contribution >= 4 is 11.9 Å². The third kappa shape index (κ3) is 7.58. The van der Waals surface area contributed by atoms with Gasteiger partial charge in [-0.05, 0) is 49.2 Å².